The average Bonchev–Trinajstić information content (AvgIpc) is 2.92. The maximum atomic E-state index is 14.0. The van der Waals surface area contributed by atoms with Crippen molar-refractivity contribution in [3.8, 4) is 0 Å². The van der Waals surface area contributed by atoms with Crippen LogP contribution in [0.15, 0.2) is 69.3 Å². The van der Waals surface area contributed by atoms with Crippen LogP contribution >= 0.6 is 11.8 Å². The van der Waals surface area contributed by atoms with E-state index in [4.69, 9.17) is 14.3 Å². The molecule has 2 fully saturated rings. The van der Waals surface area contributed by atoms with Crippen LogP contribution in [0.4, 0.5) is 0 Å². The Morgan fingerprint density at radius 3 is 2.42 bits per heavy atom. The lowest BCUT2D eigenvalue weighted by Gasteiger charge is -2.40. The van der Waals surface area contributed by atoms with E-state index in [1.54, 1.807) is 43.1 Å². The molecular formula is C26H34N2O6S2. The van der Waals surface area contributed by atoms with Crippen molar-refractivity contribution < 1.29 is 27.5 Å². The third-order valence-corrected chi connectivity index (χ3v) is 10.3. The molecule has 2 aliphatic rings. The maximum Gasteiger partial charge on any atom is 0.265 e. The third kappa shape index (κ3) is 6.30. The van der Waals surface area contributed by atoms with Gasteiger partial charge in [-0.1, -0.05) is 30.0 Å². The molecule has 2 aromatic carbocycles. The Balaban J connectivity index is 1.53. The molecule has 1 atom stereocenters. The molecule has 0 radical (unpaired) electrons. The van der Waals surface area contributed by atoms with Gasteiger partial charge in [-0.3, -0.25) is 4.79 Å². The third-order valence-electron chi connectivity index (χ3n) is 6.74. The standard InChI is InChI=1S/C26H34N2O6S2/c1-32-20-18-28-16-14-26(15-17-28,25(29)27-34-24-9-5-6-19-33-24)36(30,31)23-12-10-22(11-13-23)35-21-7-3-2-4-8-21/h2-4,7-8,10-13,24H,5-6,9,14-20H2,1H3,(H,27,29). The highest BCUT2D eigenvalue weighted by Gasteiger charge is 2.53. The molecule has 2 aromatic rings. The molecule has 0 aliphatic carbocycles. The fraction of sp³-hybridized carbons (Fsp3) is 0.500. The number of likely N-dealkylation sites (tertiary alicyclic amines) is 1. The molecule has 2 saturated heterocycles. The molecule has 2 aliphatic heterocycles. The van der Waals surface area contributed by atoms with Gasteiger partial charge in [0.25, 0.3) is 5.91 Å². The quantitative estimate of drug-likeness (QED) is 0.462. The number of hydroxylamine groups is 1. The van der Waals surface area contributed by atoms with Gasteiger partial charge in [-0.25, -0.2) is 18.7 Å². The topological polar surface area (TPSA) is 94.2 Å². The van der Waals surface area contributed by atoms with Crippen LogP contribution in [0.5, 0.6) is 0 Å². The van der Waals surface area contributed by atoms with Crippen molar-refractivity contribution in [3.63, 3.8) is 0 Å². The second-order valence-corrected chi connectivity index (χ2v) is 12.5. The number of ether oxygens (including phenoxy) is 2. The number of methoxy groups -OCH3 is 1. The summed E-state index contributed by atoms with van der Waals surface area (Å²) in [5, 5.41) is 0. The van der Waals surface area contributed by atoms with E-state index in [1.807, 2.05) is 30.3 Å². The van der Waals surface area contributed by atoms with E-state index in [9.17, 15) is 13.2 Å². The number of benzene rings is 2. The predicted molar refractivity (Wildman–Crippen MR) is 137 cm³/mol. The van der Waals surface area contributed by atoms with Crippen LogP contribution in [-0.2, 0) is 28.9 Å². The monoisotopic (exact) mass is 534 g/mol. The van der Waals surface area contributed by atoms with Crippen LogP contribution in [0.2, 0.25) is 0 Å². The molecule has 10 heteroatoms. The Hall–Kier alpha value is -1.95. The van der Waals surface area contributed by atoms with Crippen LogP contribution in [-0.4, -0.2) is 70.2 Å². The zero-order valence-corrected chi connectivity index (χ0v) is 22.2. The van der Waals surface area contributed by atoms with Crippen LogP contribution in [0.3, 0.4) is 0 Å². The highest BCUT2D eigenvalue weighted by molar-refractivity contribution is 7.99. The van der Waals surface area contributed by atoms with Crippen LogP contribution in [0, 0.1) is 0 Å². The van der Waals surface area contributed by atoms with Gasteiger partial charge in [-0.15, -0.1) is 0 Å². The number of amides is 1. The fourth-order valence-corrected chi connectivity index (χ4v) is 7.32. The highest BCUT2D eigenvalue weighted by Crippen LogP contribution is 2.37. The van der Waals surface area contributed by atoms with Crippen molar-refractivity contribution in [3.05, 3.63) is 54.6 Å². The SMILES string of the molecule is COCCN1CCC(C(=O)NOC2CCCCO2)(S(=O)(=O)c2ccc(Sc3ccccc3)cc2)CC1. The van der Waals surface area contributed by atoms with Gasteiger partial charge in [0, 0.05) is 49.6 Å². The predicted octanol–water partition coefficient (Wildman–Crippen LogP) is 3.67. The lowest BCUT2D eigenvalue weighted by Crippen LogP contribution is -2.58. The second-order valence-electron chi connectivity index (χ2n) is 9.06. The van der Waals surface area contributed by atoms with Crippen LogP contribution in [0.25, 0.3) is 0 Å². The highest BCUT2D eigenvalue weighted by atomic mass is 32.2. The first-order valence-electron chi connectivity index (χ1n) is 12.3. The van der Waals surface area contributed by atoms with Crippen molar-refractivity contribution in [2.75, 3.05) is 40.0 Å². The minimum atomic E-state index is -4.01. The maximum absolute atomic E-state index is 14.0. The lowest BCUT2D eigenvalue weighted by molar-refractivity contribution is -0.202. The molecule has 0 aromatic heterocycles. The Morgan fingerprint density at radius 2 is 1.78 bits per heavy atom. The number of piperidine rings is 1. The molecule has 0 saturated carbocycles. The molecule has 8 nitrogen and oxygen atoms in total. The van der Waals surface area contributed by atoms with Gasteiger partial charge < -0.3 is 14.4 Å². The van der Waals surface area contributed by atoms with Gasteiger partial charge in [0.05, 0.1) is 11.5 Å². The zero-order chi connectivity index (χ0) is 25.4. The number of sulfone groups is 1. The molecule has 0 spiro atoms. The summed E-state index contributed by atoms with van der Waals surface area (Å²) < 4.78 is 37.1. The van der Waals surface area contributed by atoms with Crippen LogP contribution in [0.1, 0.15) is 32.1 Å². The number of rotatable bonds is 10. The van der Waals surface area contributed by atoms with E-state index in [2.05, 4.69) is 10.4 Å². The molecule has 1 unspecified atom stereocenters. The first-order valence-corrected chi connectivity index (χ1v) is 14.6. The van der Waals surface area contributed by atoms with E-state index < -0.39 is 26.8 Å². The van der Waals surface area contributed by atoms with Gasteiger partial charge in [0.2, 0.25) is 0 Å². The molecule has 36 heavy (non-hydrogen) atoms. The second kappa shape index (κ2) is 12.5. The summed E-state index contributed by atoms with van der Waals surface area (Å²) in [5.74, 6) is -0.634. The van der Waals surface area contributed by atoms with Crippen LogP contribution < -0.4 is 5.48 Å². The van der Waals surface area contributed by atoms with Gasteiger partial charge in [-0.2, -0.15) is 0 Å². The fourth-order valence-electron chi connectivity index (χ4n) is 4.53. The number of hydrogen-bond acceptors (Lipinski definition) is 8. The number of hydrogen-bond donors (Lipinski definition) is 1. The molecule has 1 N–H and O–H groups in total. The number of carbonyl (C=O) groups excluding carboxylic acids is 1. The Labute approximate surface area is 217 Å². The molecule has 0 bridgehead atoms. The largest absolute Gasteiger partial charge is 0.383 e. The number of nitrogens with one attached hydrogen (secondary N) is 1. The molecule has 196 valence electrons. The van der Waals surface area contributed by atoms with Gasteiger partial charge in [-0.05, 0) is 62.1 Å². The van der Waals surface area contributed by atoms with E-state index in [-0.39, 0.29) is 17.7 Å². The Bertz CT molecular complexity index is 1080. The molecule has 1 amide bonds. The Morgan fingerprint density at radius 1 is 1.08 bits per heavy atom. The van der Waals surface area contributed by atoms with Crippen molar-refractivity contribution >= 4 is 27.5 Å². The molecule has 4 rings (SSSR count). The molecular weight excluding hydrogens is 500 g/mol. The summed E-state index contributed by atoms with van der Waals surface area (Å²) in [6, 6.07) is 16.6. The smallest absolute Gasteiger partial charge is 0.265 e. The first kappa shape index (κ1) is 27.1. The van der Waals surface area contributed by atoms with Crippen molar-refractivity contribution in [1.29, 1.82) is 0 Å². The lowest BCUT2D eigenvalue weighted by atomic mass is 9.95. The van der Waals surface area contributed by atoms with Gasteiger partial charge in [0.15, 0.2) is 20.9 Å². The minimum absolute atomic E-state index is 0.134. The normalized spacial score (nSPS) is 20.6. The summed E-state index contributed by atoms with van der Waals surface area (Å²) in [5.41, 5.74) is 2.45. The van der Waals surface area contributed by atoms with Gasteiger partial charge >= 0.3 is 0 Å². The van der Waals surface area contributed by atoms with Crippen molar-refractivity contribution in [2.24, 2.45) is 0 Å². The van der Waals surface area contributed by atoms with E-state index in [0.29, 0.717) is 39.3 Å². The van der Waals surface area contributed by atoms with E-state index >= 15 is 0 Å². The van der Waals surface area contributed by atoms with Crippen molar-refractivity contribution in [1.82, 2.24) is 10.4 Å². The average molecular weight is 535 g/mol. The van der Waals surface area contributed by atoms with E-state index in [0.717, 1.165) is 22.6 Å². The summed E-state index contributed by atoms with van der Waals surface area (Å²) >= 11 is 1.55. The summed E-state index contributed by atoms with van der Waals surface area (Å²) in [6.45, 7) is 2.74. The number of nitrogens with zero attached hydrogens (tertiary/aromatic N) is 1. The zero-order valence-electron chi connectivity index (χ0n) is 20.6. The summed E-state index contributed by atoms with van der Waals surface area (Å²) in [4.78, 5) is 23.2. The van der Waals surface area contributed by atoms with Gasteiger partial charge in [0.1, 0.15) is 0 Å². The van der Waals surface area contributed by atoms with E-state index in [1.165, 1.54) is 0 Å². The van der Waals surface area contributed by atoms with Crippen molar-refractivity contribution in [2.45, 2.75) is 57.8 Å². The molecule has 2 heterocycles. The number of carbonyl (C=O) groups is 1. The summed E-state index contributed by atoms with van der Waals surface area (Å²) in [7, 11) is -2.37. The Kier molecular flexibility index (Phi) is 9.43. The summed E-state index contributed by atoms with van der Waals surface area (Å²) in [6.07, 6.45) is 2.32. The first-order chi connectivity index (χ1) is 17.4. The minimum Gasteiger partial charge on any atom is -0.383 e.